The maximum Gasteiger partial charge on any atom is 0.415 e. The Morgan fingerprint density at radius 1 is 1.19 bits per heavy atom. The van der Waals surface area contributed by atoms with Crippen molar-refractivity contribution in [3.05, 3.63) is 46.7 Å². The fraction of sp³-hybridized carbons (Fsp3) is 0.318. The summed E-state index contributed by atoms with van der Waals surface area (Å²) in [6, 6.07) is 9.73. The molecule has 2 aromatic carbocycles. The van der Waals surface area contributed by atoms with Crippen LogP contribution in [0.1, 0.15) is 5.56 Å². The molecule has 0 saturated carbocycles. The Labute approximate surface area is 188 Å². The van der Waals surface area contributed by atoms with E-state index < -0.39 is 5.60 Å². The van der Waals surface area contributed by atoms with Crippen LogP contribution in [0.3, 0.4) is 0 Å². The maximum absolute atomic E-state index is 12.7. The molecule has 9 heteroatoms. The third kappa shape index (κ3) is 3.47. The van der Waals surface area contributed by atoms with E-state index in [-0.39, 0.29) is 6.09 Å². The maximum atomic E-state index is 12.7. The molecule has 8 nitrogen and oxygen atoms in total. The van der Waals surface area contributed by atoms with E-state index in [9.17, 15) is 4.79 Å². The normalized spacial score (nSPS) is 17.7. The monoisotopic (exact) mass is 483 g/mol. The van der Waals surface area contributed by atoms with Gasteiger partial charge in [-0.25, -0.2) is 14.8 Å². The highest BCUT2D eigenvalue weighted by Gasteiger charge is 2.53. The van der Waals surface area contributed by atoms with Crippen molar-refractivity contribution >= 4 is 50.1 Å². The van der Waals surface area contributed by atoms with Crippen molar-refractivity contribution in [2.75, 3.05) is 44.0 Å². The first-order valence-electron chi connectivity index (χ1n) is 9.92. The summed E-state index contributed by atoms with van der Waals surface area (Å²) in [5.74, 6) is 1.23. The molecule has 0 bridgehead atoms. The van der Waals surface area contributed by atoms with E-state index in [1.54, 1.807) is 12.0 Å². The van der Waals surface area contributed by atoms with Gasteiger partial charge in [0.05, 0.1) is 24.9 Å². The molecule has 2 saturated heterocycles. The molecule has 1 spiro atoms. The van der Waals surface area contributed by atoms with Crippen molar-refractivity contribution < 1.29 is 14.3 Å². The number of carbonyl (C=O) groups is 1. The molecular formula is C22H22BrN5O3. The van der Waals surface area contributed by atoms with Gasteiger partial charge in [0.1, 0.15) is 17.9 Å². The van der Waals surface area contributed by atoms with Gasteiger partial charge in [0, 0.05) is 34.7 Å². The molecule has 5 rings (SSSR count). The summed E-state index contributed by atoms with van der Waals surface area (Å²) in [4.78, 5) is 25.4. The van der Waals surface area contributed by atoms with Crippen molar-refractivity contribution in [2.24, 2.45) is 0 Å². The quantitative estimate of drug-likeness (QED) is 0.598. The molecule has 1 aromatic heterocycles. The first-order valence-corrected chi connectivity index (χ1v) is 10.7. The highest BCUT2D eigenvalue weighted by molar-refractivity contribution is 9.10. The molecule has 160 valence electrons. The molecule has 2 fully saturated rings. The Hall–Kier alpha value is -2.91. The van der Waals surface area contributed by atoms with Crippen LogP contribution in [-0.4, -0.2) is 60.4 Å². The first-order chi connectivity index (χ1) is 14.9. The summed E-state index contributed by atoms with van der Waals surface area (Å²) < 4.78 is 12.3. The summed E-state index contributed by atoms with van der Waals surface area (Å²) in [6.45, 7) is 3.97. The summed E-state index contributed by atoms with van der Waals surface area (Å²) in [6.07, 6.45) is 1.15. The zero-order valence-electron chi connectivity index (χ0n) is 17.5. The zero-order valence-corrected chi connectivity index (χ0v) is 19.1. The largest absolute Gasteiger partial charge is 0.494 e. The lowest BCUT2D eigenvalue weighted by Gasteiger charge is -2.43. The van der Waals surface area contributed by atoms with Gasteiger partial charge in [0.2, 0.25) is 0 Å². The molecule has 0 radical (unpaired) electrons. The molecule has 3 heterocycles. The number of fused-ring (bicyclic) bond motifs is 1. The number of aromatic nitrogens is 2. The van der Waals surface area contributed by atoms with Gasteiger partial charge in [-0.1, -0.05) is 15.9 Å². The van der Waals surface area contributed by atoms with E-state index in [0.717, 1.165) is 39.7 Å². The Bertz CT molecular complexity index is 1200. The van der Waals surface area contributed by atoms with Gasteiger partial charge in [0.25, 0.3) is 0 Å². The van der Waals surface area contributed by atoms with Gasteiger partial charge in [-0.15, -0.1) is 0 Å². The number of nitrogens with zero attached hydrogens (tertiary/aromatic N) is 4. The van der Waals surface area contributed by atoms with E-state index in [1.165, 1.54) is 6.33 Å². The number of hydrogen-bond donors (Lipinski definition) is 1. The van der Waals surface area contributed by atoms with Gasteiger partial charge >= 0.3 is 6.09 Å². The number of anilines is 3. The number of ether oxygens (including phenoxy) is 2. The lowest BCUT2D eigenvalue weighted by Crippen LogP contribution is -2.62. The Kier molecular flexibility index (Phi) is 4.75. The van der Waals surface area contributed by atoms with E-state index in [1.807, 2.05) is 44.3 Å². The predicted octanol–water partition coefficient (Wildman–Crippen LogP) is 4.09. The zero-order chi connectivity index (χ0) is 21.8. The van der Waals surface area contributed by atoms with Crippen molar-refractivity contribution in [3.8, 4) is 5.75 Å². The summed E-state index contributed by atoms with van der Waals surface area (Å²) >= 11 is 3.49. The average Bonchev–Trinajstić information content (AvgIpc) is 3.06. The van der Waals surface area contributed by atoms with Crippen LogP contribution in [0.25, 0.3) is 10.9 Å². The van der Waals surface area contributed by atoms with E-state index in [4.69, 9.17) is 9.47 Å². The number of carbonyl (C=O) groups excluding carboxylic acids is 1. The topological polar surface area (TPSA) is 79.8 Å². The van der Waals surface area contributed by atoms with Crippen LogP contribution in [0.2, 0.25) is 0 Å². The highest BCUT2D eigenvalue weighted by Crippen LogP contribution is 2.41. The SMILES string of the molecule is COc1cc2ncnc(Nc3ccc(Br)cc3C)c2cc1N1CC2(CN(C)C2)OC1=O. The molecule has 2 aliphatic heterocycles. The minimum Gasteiger partial charge on any atom is -0.494 e. The number of likely N-dealkylation sites (N-methyl/N-ethyl adjacent to an activating group) is 1. The van der Waals surface area contributed by atoms with Gasteiger partial charge in [-0.05, 0) is 43.8 Å². The lowest BCUT2D eigenvalue weighted by atomic mass is 9.95. The second-order valence-corrected chi connectivity index (χ2v) is 9.07. The first kappa shape index (κ1) is 20.0. The van der Waals surface area contributed by atoms with Crippen molar-refractivity contribution in [3.63, 3.8) is 0 Å². The molecule has 0 atom stereocenters. The third-order valence-corrected chi connectivity index (χ3v) is 6.25. The number of methoxy groups -OCH3 is 1. The minimum absolute atomic E-state index is 0.360. The highest BCUT2D eigenvalue weighted by atomic mass is 79.9. The molecule has 0 aliphatic carbocycles. The van der Waals surface area contributed by atoms with Crippen molar-refractivity contribution in [2.45, 2.75) is 12.5 Å². The smallest absolute Gasteiger partial charge is 0.415 e. The number of amides is 1. The lowest BCUT2D eigenvalue weighted by molar-refractivity contribution is -0.0599. The Balaban J connectivity index is 1.56. The summed E-state index contributed by atoms with van der Waals surface area (Å²) in [5, 5.41) is 4.19. The predicted molar refractivity (Wildman–Crippen MR) is 122 cm³/mol. The van der Waals surface area contributed by atoms with Crippen molar-refractivity contribution in [1.29, 1.82) is 0 Å². The number of nitrogens with one attached hydrogen (secondary N) is 1. The molecule has 1 amide bonds. The molecular weight excluding hydrogens is 462 g/mol. The van der Waals surface area contributed by atoms with Crippen LogP contribution in [0.5, 0.6) is 5.75 Å². The van der Waals surface area contributed by atoms with E-state index in [2.05, 4.69) is 36.1 Å². The number of halogens is 1. The number of likely N-dealkylation sites (tertiary alicyclic amines) is 1. The number of aryl methyl sites for hydroxylation is 1. The van der Waals surface area contributed by atoms with Crippen molar-refractivity contribution in [1.82, 2.24) is 14.9 Å². The van der Waals surface area contributed by atoms with Gasteiger partial charge in [-0.2, -0.15) is 0 Å². The molecule has 3 aromatic rings. The molecule has 1 N–H and O–H groups in total. The fourth-order valence-electron chi connectivity index (χ4n) is 4.35. The number of benzene rings is 2. The van der Waals surface area contributed by atoms with Crippen LogP contribution in [-0.2, 0) is 4.74 Å². The number of rotatable bonds is 4. The van der Waals surface area contributed by atoms with Gasteiger partial charge < -0.3 is 14.8 Å². The molecule has 31 heavy (non-hydrogen) atoms. The van der Waals surface area contributed by atoms with Crippen LogP contribution >= 0.6 is 15.9 Å². The minimum atomic E-state index is -0.450. The second kappa shape index (κ2) is 7.35. The average molecular weight is 484 g/mol. The third-order valence-electron chi connectivity index (χ3n) is 5.75. The standard InChI is InChI=1S/C22H22BrN5O3/c1-13-6-14(23)4-5-16(13)26-20-15-7-18(19(30-3)8-17(15)24-12-25-20)28-11-22(31-21(28)29)9-27(2)10-22/h4-8,12H,9-11H2,1-3H3,(H,24,25,26). The number of hydrogen-bond acceptors (Lipinski definition) is 7. The fourth-order valence-corrected chi connectivity index (χ4v) is 4.83. The van der Waals surface area contributed by atoms with Gasteiger partial charge in [-0.3, -0.25) is 9.80 Å². The Morgan fingerprint density at radius 3 is 2.71 bits per heavy atom. The van der Waals surface area contributed by atoms with E-state index >= 15 is 0 Å². The molecule has 2 aliphatic rings. The van der Waals surface area contributed by atoms with Crippen LogP contribution in [0.15, 0.2) is 41.1 Å². The second-order valence-electron chi connectivity index (χ2n) is 8.16. The van der Waals surface area contributed by atoms with Crippen LogP contribution < -0.4 is 15.0 Å². The molecule has 0 unspecified atom stereocenters. The summed E-state index contributed by atoms with van der Waals surface area (Å²) in [7, 11) is 3.60. The van der Waals surface area contributed by atoms with Gasteiger partial charge in [0.15, 0.2) is 5.60 Å². The Morgan fingerprint density at radius 2 is 2.00 bits per heavy atom. The van der Waals surface area contributed by atoms with Crippen LogP contribution in [0.4, 0.5) is 22.0 Å². The van der Waals surface area contributed by atoms with E-state index in [0.29, 0.717) is 23.8 Å². The van der Waals surface area contributed by atoms with Crippen LogP contribution in [0, 0.1) is 6.92 Å². The summed E-state index contributed by atoms with van der Waals surface area (Å²) in [5.41, 5.74) is 2.94.